The Morgan fingerprint density at radius 1 is 1.50 bits per heavy atom. The molecule has 0 aromatic carbocycles. The summed E-state index contributed by atoms with van der Waals surface area (Å²) >= 11 is 3.07. The molecular weight excluding hydrogens is 296 g/mol. The number of carbonyl (C=O) groups is 2. The van der Waals surface area contributed by atoms with Crippen molar-refractivity contribution in [3.8, 4) is 0 Å². The molecule has 1 heterocycles. The Hall–Kier alpha value is -1.08. The normalized spacial score (nSPS) is 12.4. The van der Waals surface area contributed by atoms with Crippen LogP contribution in [0.3, 0.4) is 0 Å². The molecule has 0 saturated heterocycles. The molecule has 0 aliphatic carbocycles. The van der Waals surface area contributed by atoms with Crippen LogP contribution in [0.2, 0.25) is 0 Å². The molecule has 0 saturated carbocycles. The number of rotatable bonds is 8. The minimum absolute atomic E-state index is 0.00145. The molecule has 0 radical (unpaired) electrons. The summed E-state index contributed by atoms with van der Waals surface area (Å²) < 4.78 is 0. The van der Waals surface area contributed by atoms with E-state index in [1.165, 1.54) is 11.8 Å². The maximum absolute atomic E-state index is 11.6. The van der Waals surface area contributed by atoms with E-state index in [9.17, 15) is 9.59 Å². The lowest BCUT2D eigenvalue weighted by Gasteiger charge is -2.16. The van der Waals surface area contributed by atoms with E-state index >= 15 is 0 Å². The van der Waals surface area contributed by atoms with Gasteiger partial charge in [-0.25, -0.2) is 4.98 Å². The molecule has 0 fully saturated rings. The highest BCUT2D eigenvalue weighted by molar-refractivity contribution is 7.99. The molecule has 5 nitrogen and oxygen atoms in total. The first-order valence-electron chi connectivity index (χ1n) is 6.38. The third-order valence-corrected chi connectivity index (χ3v) is 4.58. The molecule has 1 atom stereocenters. The van der Waals surface area contributed by atoms with Crippen molar-refractivity contribution < 1.29 is 14.7 Å². The van der Waals surface area contributed by atoms with Gasteiger partial charge in [0.1, 0.15) is 0 Å². The molecule has 1 aromatic heterocycles. The van der Waals surface area contributed by atoms with Gasteiger partial charge in [0.2, 0.25) is 5.91 Å². The Labute approximate surface area is 127 Å². The zero-order chi connectivity index (χ0) is 15.1. The second-order valence-corrected chi connectivity index (χ2v) is 6.89. The van der Waals surface area contributed by atoms with Crippen LogP contribution in [-0.4, -0.2) is 34.3 Å². The van der Waals surface area contributed by atoms with E-state index in [-0.39, 0.29) is 18.4 Å². The van der Waals surface area contributed by atoms with Gasteiger partial charge in [-0.2, -0.15) is 0 Å². The summed E-state index contributed by atoms with van der Waals surface area (Å²) in [6.07, 6.45) is 0. The Morgan fingerprint density at radius 2 is 2.20 bits per heavy atom. The zero-order valence-corrected chi connectivity index (χ0v) is 13.5. The molecule has 1 rings (SSSR count). The monoisotopic (exact) mass is 316 g/mol. The molecule has 0 aliphatic heterocycles. The quantitative estimate of drug-likeness (QED) is 0.768. The van der Waals surface area contributed by atoms with Crippen LogP contribution >= 0.6 is 23.1 Å². The van der Waals surface area contributed by atoms with Gasteiger partial charge in [-0.3, -0.25) is 9.59 Å². The van der Waals surface area contributed by atoms with E-state index in [4.69, 9.17) is 5.11 Å². The summed E-state index contributed by atoms with van der Waals surface area (Å²) in [6, 6.07) is 0. The third kappa shape index (κ3) is 5.92. The van der Waals surface area contributed by atoms with Crippen LogP contribution in [0, 0.1) is 18.8 Å². The van der Waals surface area contributed by atoms with Gasteiger partial charge in [0.15, 0.2) is 0 Å². The van der Waals surface area contributed by atoms with Gasteiger partial charge in [-0.1, -0.05) is 13.8 Å². The fraction of sp³-hybridized carbons (Fsp3) is 0.615. The van der Waals surface area contributed by atoms with Crippen molar-refractivity contribution in [1.82, 2.24) is 10.3 Å². The van der Waals surface area contributed by atoms with Gasteiger partial charge in [-0.15, -0.1) is 23.1 Å². The molecule has 0 bridgehead atoms. The molecule has 0 aliphatic rings. The number of carboxylic acids is 1. The highest BCUT2D eigenvalue weighted by Crippen LogP contribution is 2.15. The van der Waals surface area contributed by atoms with Gasteiger partial charge in [0, 0.05) is 17.7 Å². The van der Waals surface area contributed by atoms with Crippen molar-refractivity contribution in [2.45, 2.75) is 26.5 Å². The lowest BCUT2D eigenvalue weighted by molar-refractivity contribution is -0.143. The fourth-order valence-electron chi connectivity index (χ4n) is 1.61. The summed E-state index contributed by atoms with van der Waals surface area (Å²) in [7, 11) is 0. The first-order valence-corrected chi connectivity index (χ1v) is 8.41. The van der Waals surface area contributed by atoms with Gasteiger partial charge in [0.05, 0.1) is 22.4 Å². The second-order valence-electron chi connectivity index (χ2n) is 4.84. The van der Waals surface area contributed by atoms with Crippen LogP contribution in [-0.2, 0) is 15.3 Å². The standard InChI is InChI=1S/C13H20N2O3S2/c1-8(2)11(13(17)18)4-14-12(16)7-19-5-10-6-20-9(3)15-10/h6,8,11H,4-5,7H2,1-3H3,(H,14,16)(H,17,18). The van der Waals surface area contributed by atoms with Gasteiger partial charge < -0.3 is 10.4 Å². The average molecular weight is 316 g/mol. The Bertz CT molecular complexity index is 460. The topological polar surface area (TPSA) is 79.3 Å². The number of amides is 1. The number of hydrogen-bond acceptors (Lipinski definition) is 5. The fourth-order valence-corrected chi connectivity index (χ4v) is 3.07. The number of aryl methyl sites for hydroxylation is 1. The SMILES string of the molecule is Cc1nc(CSCC(=O)NCC(C(=O)O)C(C)C)cs1. The number of aliphatic carboxylic acids is 1. The Kier molecular flexibility index (Phi) is 7.01. The van der Waals surface area contributed by atoms with Crippen molar-refractivity contribution >= 4 is 35.0 Å². The smallest absolute Gasteiger partial charge is 0.308 e. The van der Waals surface area contributed by atoms with Crippen LogP contribution in [0.1, 0.15) is 24.5 Å². The number of aromatic nitrogens is 1. The predicted molar refractivity (Wildman–Crippen MR) is 82.0 cm³/mol. The summed E-state index contributed by atoms with van der Waals surface area (Å²) in [5.41, 5.74) is 0.982. The van der Waals surface area contributed by atoms with E-state index < -0.39 is 11.9 Å². The van der Waals surface area contributed by atoms with Crippen molar-refractivity contribution in [3.05, 3.63) is 16.1 Å². The van der Waals surface area contributed by atoms with Gasteiger partial charge in [0.25, 0.3) is 0 Å². The van der Waals surface area contributed by atoms with E-state index in [0.717, 1.165) is 10.7 Å². The molecule has 1 amide bonds. The summed E-state index contributed by atoms with van der Waals surface area (Å²) in [6.45, 7) is 5.81. The largest absolute Gasteiger partial charge is 0.481 e. The Balaban J connectivity index is 2.24. The first-order chi connectivity index (χ1) is 9.40. The molecule has 1 unspecified atom stereocenters. The maximum atomic E-state index is 11.6. The lowest BCUT2D eigenvalue weighted by Crippen LogP contribution is -2.36. The van der Waals surface area contributed by atoms with Crippen molar-refractivity contribution in [1.29, 1.82) is 0 Å². The van der Waals surface area contributed by atoms with E-state index in [2.05, 4.69) is 10.3 Å². The molecule has 20 heavy (non-hydrogen) atoms. The summed E-state index contributed by atoms with van der Waals surface area (Å²) in [5, 5.41) is 14.7. The number of carboxylic acid groups (broad SMARTS) is 1. The number of nitrogens with one attached hydrogen (secondary N) is 1. The first kappa shape index (κ1) is 17.0. The highest BCUT2D eigenvalue weighted by Gasteiger charge is 2.21. The summed E-state index contributed by atoms with van der Waals surface area (Å²) in [4.78, 5) is 27.0. The molecule has 7 heteroatoms. The van der Waals surface area contributed by atoms with Gasteiger partial charge in [-0.05, 0) is 12.8 Å². The molecule has 112 valence electrons. The van der Waals surface area contributed by atoms with E-state index in [1.807, 2.05) is 26.2 Å². The van der Waals surface area contributed by atoms with Crippen molar-refractivity contribution in [2.75, 3.05) is 12.3 Å². The number of hydrogen-bond donors (Lipinski definition) is 2. The lowest BCUT2D eigenvalue weighted by atomic mass is 9.96. The van der Waals surface area contributed by atoms with Crippen LogP contribution in [0.25, 0.3) is 0 Å². The molecule has 1 aromatic rings. The third-order valence-electron chi connectivity index (χ3n) is 2.79. The van der Waals surface area contributed by atoms with Crippen LogP contribution < -0.4 is 5.32 Å². The van der Waals surface area contributed by atoms with Crippen LogP contribution in [0.5, 0.6) is 0 Å². The van der Waals surface area contributed by atoms with Crippen molar-refractivity contribution in [3.63, 3.8) is 0 Å². The number of thiazole rings is 1. The highest BCUT2D eigenvalue weighted by atomic mass is 32.2. The number of carbonyl (C=O) groups excluding carboxylic acids is 1. The molecular formula is C13H20N2O3S2. The van der Waals surface area contributed by atoms with Crippen LogP contribution in [0.15, 0.2) is 5.38 Å². The molecule has 0 spiro atoms. The minimum atomic E-state index is -0.870. The Morgan fingerprint density at radius 3 is 2.70 bits per heavy atom. The molecule has 2 N–H and O–H groups in total. The minimum Gasteiger partial charge on any atom is -0.481 e. The van der Waals surface area contributed by atoms with Crippen LogP contribution in [0.4, 0.5) is 0 Å². The van der Waals surface area contributed by atoms with Crippen molar-refractivity contribution in [2.24, 2.45) is 11.8 Å². The van der Waals surface area contributed by atoms with E-state index in [1.54, 1.807) is 11.3 Å². The predicted octanol–water partition coefficient (Wildman–Crippen LogP) is 2.16. The van der Waals surface area contributed by atoms with Gasteiger partial charge >= 0.3 is 5.97 Å². The number of thioether (sulfide) groups is 1. The maximum Gasteiger partial charge on any atom is 0.308 e. The zero-order valence-electron chi connectivity index (χ0n) is 11.9. The second kappa shape index (κ2) is 8.26. The average Bonchev–Trinajstić information content (AvgIpc) is 2.74. The number of nitrogens with zero attached hydrogens (tertiary/aromatic N) is 1. The summed E-state index contributed by atoms with van der Waals surface area (Å²) in [5.74, 6) is -0.519. The van der Waals surface area contributed by atoms with E-state index in [0.29, 0.717) is 11.5 Å².